The first-order valence-corrected chi connectivity index (χ1v) is 7.23. The zero-order valence-corrected chi connectivity index (χ0v) is 11.7. The van der Waals surface area contributed by atoms with Crippen LogP contribution in [0.15, 0.2) is 24.3 Å². The molecule has 1 aliphatic carbocycles. The lowest BCUT2D eigenvalue weighted by Crippen LogP contribution is -2.34. The second-order valence-corrected chi connectivity index (χ2v) is 5.60. The number of carbonyl (C=O) groups is 1. The third-order valence-electron chi connectivity index (χ3n) is 4.27. The van der Waals surface area contributed by atoms with Gasteiger partial charge in [0.15, 0.2) is 0 Å². The molecule has 0 atom stereocenters. The van der Waals surface area contributed by atoms with Gasteiger partial charge in [-0.3, -0.25) is 4.79 Å². The first-order valence-electron chi connectivity index (χ1n) is 7.23. The van der Waals surface area contributed by atoms with Gasteiger partial charge in [0.1, 0.15) is 0 Å². The summed E-state index contributed by atoms with van der Waals surface area (Å²) >= 11 is 0. The van der Waals surface area contributed by atoms with Gasteiger partial charge in [-0.15, -0.1) is 0 Å². The van der Waals surface area contributed by atoms with Crippen LogP contribution < -0.4 is 11.1 Å². The molecule has 0 aliphatic heterocycles. The Labute approximate surface area is 115 Å². The molecule has 0 unspecified atom stereocenters. The Morgan fingerprint density at radius 2 is 1.95 bits per heavy atom. The fraction of sp³-hybridized carbons (Fsp3) is 0.562. The molecule has 0 bridgehead atoms. The number of amides is 1. The van der Waals surface area contributed by atoms with Crippen molar-refractivity contribution in [2.75, 3.05) is 6.54 Å². The summed E-state index contributed by atoms with van der Waals surface area (Å²) < 4.78 is 0. The van der Waals surface area contributed by atoms with Crippen LogP contribution in [0.2, 0.25) is 0 Å². The summed E-state index contributed by atoms with van der Waals surface area (Å²) in [7, 11) is 0. The Morgan fingerprint density at radius 1 is 1.26 bits per heavy atom. The highest BCUT2D eigenvalue weighted by Crippen LogP contribution is 2.28. The van der Waals surface area contributed by atoms with Gasteiger partial charge in [-0.2, -0.15) is 0 Å². The van der Waals surface area contributed by atoms with Gasteiger partial charge in [0.2, 0.25) is 5.91 Å². The average Bonchev–Trinajstić information content (AvgIpc) is 2.46. The number of nitrogens with one attached hydrogen (secondary N) is 1. The van der Waals surface area contributed by atoms with Crippen molar-refractivity contribution in [2.24, 2.45) is 17.6 Å². The van der Waals surface area contributed by atoms with E-state index in [4.69, 9.17) is 5.73 Å². The highest BCUT2D eigenvalue weighted by atomic mass is 16.1. The van der Waals surface area contributed by atoms with E-state index in [-0.39, 0.29) is 11.8 Å². The van der Waals surface area contributed by atoms with Crippen molar-refractivity contribution < 1.29 is 4.79 Å². The molecule has 1 saturated carbocycles. The normalized spacial score (nSPS) is 23.1. The largest absolute Gasteiger partial charge is 0.352 e. The van der Waals surface area contributed by atoms with Crippen molar-refractivity contribution >= 4 is 5.91 Å². The molecule has 1 fully saturated rings. The quantitative estimate of drug-likeness (QED) is 0.873. The van der Waals surface area contributed by atoms with Crippen molar-refractivity contribution in [1.29, 1.82) is 0 Å². The molecule has 0 saturated heterocycles. The van der Waals surface area contributed by atoms with E-state index in [0.717, 1.165) is 32.2 Å². The van der Waals surface area contributed by atoms with Gasteiger partial charge < -0.3 is 11.1 Å². The van der Waals surface area contributed by atoms with Crippen LogP contribution in [0, 0.1) is 18.8 Å². The van der Waals surface area contributed by atoms with E-state index >= 15 is 0 Å². The Balaban J connectivity index is 1.81. The summed E-state index contributed by atoms with van der Waals surface area (Å²) in [6.07, 6.45) is 4.17. The van der Waals surface area contributed by atoms with Gasteiger partial charge in [0.25, 0.3) is 0 Å². The molecule has 0 spiro atoms. The predicted octanol–water partition coefficient (Wildman–Crippen LogP) is 2.38. The minimum Gasteiger partial charge on any atom is -0.352 e. The van der Waals surface area contributed by atoms with Gasteiger partial charge in [-0.05, 0) is 56.2 Å². The molecule has 3 heteroatoms. The van der Waals surface area contributed by atoms with Crippen molar-refractivity contribution in [3.8, 4) is 0 Å². The van der Waals surface area contributed by atoms with Crippen LogP contribution in [0.3, 0.4) is 0 Å². The highest BCUT2D eigenvalue weighted by Gasteiger charge is 2.25. The number of rotatable bonds is 4. The van der Waals surface area contributed by atoms with Gasteiger partial charge in [-0.25, -0.2) is 0 Å². The Morgan fingerprint density at radius 3 is 2.58 bits per heavy atom. The maximum Gasteiger partial charge on any atom is 0.223 e. The van der Waals surface area contributed by atoms with Crippen molar-refractivity contribution in [3.05, 3.63) is 35.4 Å². The summed E-state index contributed by atoms with van der Waals surface area (Å²) in [4.78, 5) is 12.1. The summed E-state index contributed by atoms with van der Waals surface area (Å²) in [6.45, 7) is 3.48. The highest BCUT2D eigenvalue weighted by molar-refractivity contribution is 5.78. The van der Waals surface area contributed by atoms with Crippen LogP contribution in [0.5, 0.6) is 0 Å². The fourth-order valence-electron chi connectivity index (χ4n) is 2.80. The minimum atomic E-state index is 0.187. The zero-order chi connectivity index (χ0) is 13.7. The standard InChI is InChI=1S/C16H24N2O/c1-12-4-2-3-5-15(12)11-18-16(19)14-8-6-13(10-17)7-9-14/h2-5,13-14H,6-11,17H2,1H3,(H,18,19). The van der Waals surface area contributed by atoms with E-state index in [1.807, 2.05) is 12.1 Å². The van der Waals surface area contributed by atoms with Crippen LogP contribution in [0.4, 0.5) is 0 Å². The molecule has 0 radical (unpaired) electrons. The first kappa shape index (κ1) is 14.1. The number of hydrogen-bond donors (Lipinski definition) is 2. The predicted molar refractivity (Wildman–Crippen MR) is 77.5 cm³/mol. The Hall–Kier alpha value is -1.35. The lowest BCUT2D eigenvalue weighted by molar-refractivity contribution is -0.126. The fourth-order valence-corrected chi connectivity index (χ4v) is 2.80. The van der Waals surface area contributed by atoms with Crippen LogP contribution in [-0.4, -0.2) is 12.5 Å². The maximum absolute atomic E-state index is 12.1. The molecule has 1 aromatic rings. The number of aryl methyl sites for hydroxylation is 1. The molecule has 0 heterocycles. The summed E-state index contributed by atoms with van der Waals surface area (Å²) in [5.41, 5.74) is 8.11. The molecule has 0 aromatic heterocycles. The topological polar surface area (TPSA) is 55.1 Å². The maximum atomic E-state index is 12.1. The van der Waals surface area contributed by atoms with Crippen molar-refractivity contribution in [2.45, 2.75) is 39.2 Å². The van der Waals surface area contributed by atoms with Crippen LogP contribution in [0.25, 0.3) is 0 Å². The van der Waals surface area contributed by atoms with Crippen molar-refractivity contribution in [3.63, 3.8) is 0 Å². The molecular formula is C16H24N2O. The third-order valence-corrected chi connectivity index (χ3v) is 4.27. The second kappa shape index (κ2) is 6.71. The molecule has 3 nitrogen and oxygen atoms in total. The zero-order valence-electron chi connectivity index (χ0n) is 11.7. The lowest BCUT2D eigenvalue weighted by Gasteiger charge is -2.26. The summed E-state index contributed by atoms with van der Waals surface area (Å²) in [6, 6.07) is 8.19. The van der Waals surface area contributed by atoms with E-state index in [9.17, 15) is 4.79 Å². The monoisotopic (exact) mass is 260 g/mol. The van der Waals surface area contributed by atoms with Crippen LogP contribution >= 0.6 is 0 Å². The van der Waals surface area contributed by atoms with E-state index in [0.29, 0.717) is 12.5 Å². The van der Waals surface area contributed by atoms with Gasteiger partial charge in [0.05, 0.1) is 0 Å². The summed E-state index contributed by atoms with van der Waals surface area (Å²) in [5.74, 6) is 1.02. The number of hydrogen-bond acceptors (Lipinski definition) is 2. The van der Waals surface area contributed by atoms with E-state index in [2.05, 4.69) is 24.4 Å². The smallest absolute Gasteiger partial charge is 0.223 e. The molecule has 19 heavy (non-hydrogen) atoms. The number of benzene rings is 1. The van der Waals surface area contributed by atoms with Crippen LogP contribution in [-0.2, 0) is 11.3 Å². The number of nitrogens with two attached hydrogens (primary N) is 1. The molecule has 3 N–H and O–H groups in total. The van der Waals surface area contributed by atoms with Crippen LogP contribution in [0.1, 0.15) is 36.8 Å². The molecule has 104 valence electrons. The van der Waals surface area contributed by atoms with Gasteiger partial charge in [0, 0.05) is 12.5 Å². The second-order valence-electron chi connectivity index (χ2n) is 5.60. The van der Waals surface area contributed by atoms with Gasteiger partial charge in [-0.1, -0.05) is 24.3 Å². The Kier molecular flexibility index (Phi) is 4.97. The molecule has 1 amide bonds. The molecular weight excluding hydrogens is 236 g/mol. The first-order chi connectivity index (χ1) is 9.20. The summed E-state index contributed by atoms with van der Waals surface area (Å²) in [5, 5.41) is 3.07. The number of carbonyl (C=O) groups excluding carboxylic acids is 1. The SMILES string of the molecule is Cc1ccccc1CNC(=O)C1CCC(CN)CC1. The van der Waals surface area contributed by atoms with Crippen molar-refractivity contribution in [1.82, 2.24) is 5.32 Å². The van der Waals surface area contributed by atoms with E-state index in [1.54, 1.807) is 0 Å². The van der Waals surface area contributed by atoms with E-state index < -0.39 is 0 Å². The molecule has 1 aliphatic rings. The minimum absolute atomic E-state index is 0.187. The molecule has 1 aromatic carbocycles. The lowest BCUT2D eigenvalue weighted by atomic mass is 9.81. The third kappa shape index (κ3) is 3.80. The van der Waals surface area contributed by atoms with E-state index in [1.165, 1.54) is 11.1 Å². The Bertz CT molecular complexity index is 423. The molecule has 2 rings (SSSR count). The average molecular weight is 260 g/mol. The van der Waals surface area contributed by atoms with Gasteiger partial charge >= 0.3 is 0 Å².